The quantitative estimate of drug-likeness (QED) is 0.733. The maximum atomic E-state index is 11.6. The summed E-state index contributed by atoms with van der Waals surface area (Å²) in [5, 5.41) is 3.21. The Morgan fingerprint density at radius 1 is 1.10 bits per heavy atom. The van der Waals surface area contributed by atoms with Crippen LogP contribution in [0.4, 0.5) is 11.4 Å². The number of hydrogen-bond donors (Lipinski definition) is 3. The van der Waals surface area contributed by atoms with E-state index in [1.54, 1.807) is 24.3 Å². The Morgan fingerprint density at radius 3 is 2.40 bits per heavy atom. The van der Waals surface area contributed by atoms with Crippen molar-refractivity contribution in [2.45, 2.75) is 11.4 Å². The van der Waals surface area contributed by atoms with Gasteiger partial charge in [0.1, 0.15) is 0 Å². The summed E-state index contributed by atoms with van der Waals surface area (Å²) in [7, 11) is -1.99. The van der Waals surface area contributed by atoms with Gasteiger partial charge in [-0.1, -0.05) is 12.1 Å². The third-order valence-electron chi connectivity index (χ3n) is 2.88. The molecule has 4 N–H and O–H groups in total. The van der Waals surface area contributed by atoms with Crippen molar-refractivity contribution >= 4 is 21.4 Å². The SMILES string of the molecule is CNS(=O)(=O)c1ccc(NCc2cccc(N)c2)cc1. The van der Waals surface area contributed by atoms with E-state index in [0.717, 1.165) is 16.9 Å². The molecule has 2 aromatic carbocycles. The molecule has 0 aliphatic rings. The highest BCUT2D eigenvalue weighted by Gasteiger charge is 2.10. The lowest BCUT2D eigenvalue weighted by atomic mass is 10.2. The second-order valence-electron chi connectivity index (χ2n) is 4.33. The Bertz CT molecular complexity index is 682. The smallest absolute Gasteiger partial charge is 0.240 e. The van der Waals surface area contributed by atoms with Gasteiger partial charge < -0.3 is 11.1 Å². The molecule has 2 aromatic rings. The average molecular weight is 291 g/mol. The lowest BCUT2D eigenvalue weighted by molar-refractivity contribution is 0.588. The van der Waals surface area contributed by atoms with E-state index in [1.807, 2.05) is 24.3 Å². The molecular weight excluding hydrogens is 274 g/mol. The predicted molar refractivity (Wildman–Crippen MR) is 80.9 cm³/mol. The van der Waals surface area contributed by atoms with Gasteiger partial charge in [-0.25, -0.2) is 13.1 Å². The molecule has 0 aliphatic carbocycles. The summed E-state index contributed by atoms with van der Waals surface area (Å²) in [5.74, 6) is 0. The Morgan fingerprint density at radius 2 is 1.80 bits per heavy atom. The normalized spacial score (nSPS) is 11.2. The molecule has 0 atom stereocenters. The fourth-order valence-corrected chi connectivity index (χ4v) is 2.51. The minimum absolute atomic E-state index is 0.245. The van der Waals surface area contributed by atoms with E-state index in [2.05, 4.69) is 10.0 Å². The molecule has 0 spiro atoms. The zero-order valence-corrected chi connectivity index (χ0v) is 11.9. The van der Waals surface area contributed by atoms with Crippen molar-refractivity contribution in [2.24, 2.45) is 0 Å². The summed E-state index contributed by atoms with van der Waals surface area (Å²) in [6.45, 7) is 0.628. The lowest BCUT2D eigenvalue weighted by Gasteiger charge is -2.08. The standard InChI is InChI=1S/C14H17N3O2S/c1-16-20(18,19)14-7-5-13(6-8-14)17-10-11-3-2-4-12(15)9-11/h2-9,16-17H,10,15H2,1H3. The van der Waals surface area contributed by atoms with Gasteiger partial charge >= 0.3 is 0 Å². The fourth-order valence-electron chi connectivity index (χ4n) is 1.78. The van der Waals surface area contributed by atoms with Crippen LogP contribution < -0.4 is 15.8 Å². The second kappa shape index (κ2) is 5.94. The molecule has 0 saturated heterocycles. The van der Waals surface area contributed by atoms with Crippen molar-refractivity contribution in [3.8, 4) is 0 Å². The van der Waals surface area contributed by atoms with E-state index in [4.69, 9.17) is 5.73 Å². The highest BCUT2D eigenvalue weighted by Crippen LogP contribution is 2.15. The van der Waals surface area contributed by atoms with Crippen LogP contribution in [0.1, 0.15) is 5.56 Å². The number of nitrogens with two attached hydrogens (primary N) is 1. The van der Waals surface area contributed by atoms with Gasteiger partial charge in [-0.2, -0.15) is 0 Å². The predicted octanol–water partition coefficient (Wildman–Crippen LogP) is 1.79. The van der Waals surface area contributed by atoms with Crippen molar-refractivity contribution in [1.82, 2.24) is 4.72 Å². The Kier molecular flexibility index (Phi) is 4.26. The third kappa shape index (κ3) is 3.49. The summed E-state index contributed by atoms with van der Waals surface area (Å²) >= 11 is 0. The minimum atomic E-state index is -3.38. The number of hydrogen-bond acceptors (Lipinski definition) is 4. The minimum Gasteiger partial charge on any atom is -0.399 e. The van der Waals surface area contributed by atoms with Crippen molar-refractivity contribution in [3.63, 3.8) is 0 Å². The van der Waals surface area contributed by atoms with Crippen LogP contribution >= 0.6 is 0 Å². The summed E-state index contributed by atoms with van der Waals surface area (Å²) < 4.78 is 25.4. The fraction of sp³-hybridized carbons (Fsp3) is 0.143. The number of nitrogens with one attached hydrogen (secondary N) is 2. The summed E-state index contributed by atoms with van der Waals surface area (Å²) in [4.78, 5) is 0.245. The monoisotopic (exact) mass is 291 g/mol. The van der Waals surface area contributed by atoms with Crippen LogP contribution in [-0.4, -0.2) is 15.5 Å². The van der Waals surface area contributed by atoms with Crippen LogP contribution in [0.25, 0.3) is 0 Å². The van der Waals surface area contributed by atoms with Crippen LogP contribution in [0.5, 0.6) is 0 Å². The van der Waals surface area contributed by atoms with E-state index >= 15 is 0 Å². The van der Waals surface area contributed by atoms with Gasteiger partial charge in [0.15, 0.2) is 0 Å². The lowest BCUT2D eigenvalue weighted by Crippen LogP contribution is -2.18. The summed E-state index contributed by atoms with van der Waals surface area (Å²) in [5.41, 5.74) is 8.35. The van der Waals surface area contributed by atoms with Gasteiger partial charge in [-0.3, -0.25) is 0 Å². The van der Waals surface area contributed by atoms with Crippen LogP contribution in [0.15, 0.2) is 53.4 Å². The van der Waals surface area contributed by atoms with Crippen molar-refractivity contribution in [2.75, 3.05) is 18.1 Å². The van der Waals surface area contributed by atoms with Crippen LogP contribution in [0.2, 0.25) is 0 Å². The molecule has 0 heterocycles. The topological polar surface area (TPSA) is 84.2 Å². The first-order valence-corrected chi connectivity index (χ1v) is 7.61. The average Bonchev–Trinajstić information content (AvgIpc) is 2.46. The van der Waals surface area contributed by atoms with Crippen LogP contribution in [0.3, 0.4) is 0 Å². The van der Waals surface area contributed by atoms with E-state index in [1.165, 1.54) is 7.05 Å². The molecule has 5 nitrogen and oxygen atoms in total. The molecule has 0 aliphatic heterocycles. The summed E-state index contributed by atoms with van der Waals surface area (Å²) in [6.07, 6.45) is 0. The van der Waals surface area contributed by atoms with Gasteiger partial charge in [-0.15, -0.1) is 0 Å². The zero-order chi connectivity index (χ0) is 14.6. The van der Waals surface area contributed by atoms with Crippen molar-refractivity contribution < 1.29 is 8.42 Å². The van der Waals surface area contributed by atoms with Gasteiger partial charge in [0.2, 0.25) is 10.0 Å². The summed E-state index contributed by atoms with van der Waals surface area (Å²) in [6, 6.07) is 14.2. The molecule has 106 valence electrons. The molecule has 0 saturated carbocycles. The largest absolute Gasteiger partial charge is 0.399 e. The van der Waals surface area contributed by atoms with Gasteiger partial charge in [0.25, 0.3) is 0 Å². The van der Waals surface area contributed by atoms with E-state index in [0.29, 0.717) is 6.54 Å². The Balaban J connectivity index is 2.05. The van der Waals surface area contributed by atoms with Gasteiger partial charge in [-0.05, 0) is 49.0 Å². The van der Waals surface area contributed by atoms with Crippen LogP contribution in [0, 0.1) is 0 Å². The molecule has 20 heavy (non-hydrogen) atoms. The molecule has 0 unspecified atom stereocenters. The van der Waals surface area contributed by atoms with Crippen molar-refractivity contribution in [3.05, 3.63) is 54.1 Å². The van der Waals surface area contributed by atoms with E-state index < -0.39 is 10.0 Å². The molecule has 6 heteroatoms. The third-order valence-corrected chi connectivity index (χ3v) is 4.31. The zero-order valence-electron chi connectivity index (χ0n) is 11.1. The highest BCUT2D eigenvalue weighted by molar-refractivity contribution is 7.89. The van der Waals surface area contributed by atoms with E-state index in [-0.39, 0.29) is 4.90 Å². The molecule has 2 rings (SSSR count). The van der Waals surface area contributed by atoms with Gasteiger partial charge in [0, 0.05) is 17.9 Å². The second-order valence-corrected chi connectivity index (χ2v) is 6.22. The Hall–Kier alpha value is -2.05. The first-order valence-electron chi connectivity index (χ1n) is 6.13. The van der Waals surface area contributed by atoms with Crippen molar-refractivity contribution in [1.29, 1.82) is 0 Å². The maximum Gasteiger partial charge on any atom is 0.240 e. The number of sulfonamides is 1. The first kappa shape index (κ1) is 14.4. The first-order chi connectivity index (χ1) is 9.51. The molecular formula is C14H17N3O2S. The molecule has 0 aromatic heterocycles. The maximum absolute atomic E-state index is 11.6. The highest BCUT2D eigenvalue weighted by atomic mass is 32.2. The number of nitrogen functional groups attached to an aromatic ring is 1. The Labute approximate surface area is 118 Å². The molecule has 0 bridgehead atoms. The molecule has 0 fully saturated rings. The number of benzene rings is 2. The van der Waals surface area contributed by atoms with E-state index in [9.17, 15) is 8.42 Å². The molecule has 0 amide bonds. The number of anilines is 2. The number of rotatable bonds is 5. The van der Waals surface area contributed by atoms with Crippen LogP contribution in [-0.2, 0) is 16.6 Å². The molecule has 0 radical (unpaired) electrons. The van der Waals surface area contributed by atoms with Gasteiger partial charge in [0.05, 0.1) is 4.90 Å².